The molecule has 15 heavy (non-hydrogen) atoms. The summed E-state index contributed by atoms with van der Waals surface area (Å²) in [5.41, 5.74) is 1.05. The minimum Gasteiger partial charge on any atom is -0.383 e. The van der Waals surface area contributed by atoms with Crippen LogP contribution in [0.2, 0.25) is 0 Å². The molecule has 0 aliphatic carbocycles. The number of benzene rings is 1. The molecule has 0 bridgehead atoms. The quantitative estimate of drug-likeness (QED) is 0.456. The van der Waals surface area contributed by atoms with Crippen molar-refractivity contribution in [1.29, 1.82) is 5.26 Å². The molecule has 1 aromatic rings. The zero-order valence-electron chi connectivity index (χ0n) is 8.69. The van der Waals surface area contributed by atoms with Gasteiger partial charge in [0.1, 0.15) is 5.40 Å². The molecule has 0 atom stereocenters. The van der Waals surface area contributed by atoms with Crippen LogP contribution in [0.1, 0.15) is 6.92 Å². The molecule has 1 rings (SSSR count). The van der Waals surface area contributed by atoms with Crippen molar-refractivity contribution in [2.75, 3.05) is 25.1 Å². The number of thiocyanates is 1. The first-order chi connectivity index (χ1) is 7.36. The third-order valence-electron chi connectivity index (χ3n) is 1.80. The molecule has 3 nitrogen and oxygen atoms in total. The fourth-order valence-corrected chi connectivity index (χ4v) is 1.48. The van der Waals surface area contributed by atoms with Gasteiger partial charge in [-0.1, -0.05) is 0 Å². The lowest BCUT2D eigenvalue weighted by atomic mass is 10.3. The molecule has 1 N–H and O–H groups in total. The van der Waals surface area contributed by atoms with Gasteiger partial charge in [-0.05, 0) is 43.0 Å². The van der Waals surface area contributed by atoms with E-state index in [0.29, 0.717) is 6.61 Å². The molecular formula is C11H14N2OS. The standard InChI is InChI=1S/C11H14N2OS/c1-2-14-8-7-13-10-3-5-11(6-4-10)15-9-12/h3-6,13H,2,7-8H2,1H3. The molecule has 0 saturated heterocycles. The summed E-state index contributed by atoms with van der Waals surface area (Å²) in [6, 6.07) is 7.78. The van der Waals surface area contributed by atoms with Crippen molar-refractivity contribution < 1.29 is 4.74 Å². The van der Waals surface area contributed by atoms with E-state index >= 15 is 0 Å². The summed E-state index contributed by atoms with van der Waals surface area (Å²) in [6.07, 6.45) is 0. The van der Waals surface area contributed by atoms with E-state index in [-0.39, 0.29) is 0 Å². The summed E-state index contributed by atoms with van der Waals surface area (Å²) in [5, 5.41) is 13.7. The van der Waals surface area contributed by atoms with Crippen LogP contribution in [0, 0.1) is 10.7 Å². The Morgan fingerprint density at radius 1 is 1.40 bits per heavy atom. The Kier molecular flexibility index (Phi) is 5.67. The number of thioether (sulfide) groups is 1. The average molecular weight is 222 g/mol. The molecule has 0 heterocycles. The maximum absolute atomic E-state index is 8.47. The molecule has 0 amide bonds. The van der Waals surface area contributed by atoms with Crippen molar-refractivity contribution >= 4 is 17.4 Å². The minimum absolute atomic E-state index is 0.713. The Morgan fingerprint density at radius 2 is 2.13 bits per heavy atom. The van der Waals surface area contributed by atoms with Crippen molar-refractivity contribution in [1.82, 2.24) is 0 Å². The molecule has 0 aliphatic heterocycles. The normalized spacial score (nSPS) is 9.60. The van der Waals surface area contributed by atoms with Crippen molar-refractivity contribution in [3.8, 4) is 5.40 Å². The van der Waals surface area contributed by atoms with Crippen LogP contribution >= 0.6 is 11.8 Å². The van der Waals surface area contributed by atoms with Gasteiger partial charge in [-0.15, -0.1) is 0 Å². The van der Waals surface area contributed by atoms with Crippen molar-refractivity contribution in [3.63, 3.8) is 0 Å². The number of hydrogen-bond donors (Lipinski definition) is 1. The van der Waals surface area contributed by atoms with E-state index in [1.165, 1.54) is 11.8 Å². The predicted molar refractivity (Wildman–Crippen MR) is 62.9 cm³/mol. The Labute approximate surface area is 94.4 Å². The lowest BCUT2D eigenvalue weighted by Crippen LogP contribution is -2.08. The number of nitrogens with one attached hydrogen (secondary N) is 1. The van der Waals surface area contributed by atoms with Crippen molar-refractivity contribution in [2.24, 2.45) is 0 Å². The van der Waals surface area contributed by atoms with Gasteiger partial charge in [0.05, 0.1) is 6.61 Å². The Hall–Kier alpha value is -1.18. The van der Waals surface area contributed by atoms with Gasteiger partial charge in [-0.3, -0.25) is 0 Å². The van der Waals surface area contributed by atoms with Crippen LogP contribution in [-0.2, 0) is 4.74 Å². The van der Waals surface area contributed by atoms with Gasteiger partial charge >= 0.3 is 0 Å². The summed E-state index contributed by atoms with van der Waals surface area (Å²) in [5.74, 6) is 0. The lowest BCUT2D eigenvalue weighted by molar-refractivity contribution is 0.158. The van der Waals surface area contributed by atoms with Crippen LogP contribution in [0.4, 0.5) is 5.69 Å². The van der Waals surface area contributed by atoms with Crippen LogP contribution in [-0.4, -0.2) is 19.8 Å². The summed E-state index contributed by atoms with van der Waals surface area (Å²) in [7, 11) is 0. The Balaban J connectivity index is 2.33. The van der Waals surface area contributed by atoms with Gasteiger partial charge in [0.15, 0.2) is 0 Å². The second-order valence-corrected chi connectivity index (χ2v) is 3.70. The van der Waals surface area contributed by atoms with E-state index in [4.69, 9.17) is 10.00 Å². The highest BCUT2D eigenvalue weighted by molar-refractivity contribution is 8.03. The van der Waals surface area contributed by atoms with E-state index in [9.17, 15) is 0 Å². The number of ether oxygens (including phenoxy) is 1. The Morgan fingerprint density at radius 3 is 2.73 bits per heavy atom. The summed E-state index contributed by atoms with van der Waals surface area (Å²) < 4.78 is 5.21. The third kappa shape index (κ3) is 4.73. The van der Waals surface area contributed by atoms with E-state index in [1.807, 2.05) is 36.6 Å². The maximum atomic E-state index is 8.47. The molecule has 0 unspecified atom stereocenters. The van der Waals surface area contributed by atoms with Gasteiger partial charge in [-0.2, -0.15) is 5.26 Å². The molecule has 0 saturated carbocycles. The van der Waals surface area contributed by atoms with Crippen LogP contribution in [0.3, 0.4) is 0 Å². The minimum atomic E-state index is 0.713. The summed E-state index contributed by atoms with van der Waals surface area (Å²) in [4.78, 5) is 0.966. The van der Waals surface area contributed by atoms with Crippen molar-refractivity contribution in [3.05, 3.63) is 24.3 Å². The molecule has 0 aliphatic rings. The van der Waals surface area contributed by atoms with Crippen LogP contribution < -0.4 is 5.32 Å². The second kappa shape index (κ2) is 7.16. The molecule has 1 aromatic carbocycles. The van der Waals surface area contributed by atoms with Gasteiger partial charge in [-0.25, -0.2) is 0 Å². The van der Waals surface area contributed by atoms with Crippen LogP contribution in [0.15, 0.2) is 29.2 Å². The smallest absolute Gasteiger partial charge is 0.138 e. The zero-order valence-corrected chi connectivity index (χ0v) is 9.51. The monoisotopic (exact) mass is 222 g/mol. The molecule has 0 aromatic heterocycles. The lowest BCUT2D eigenvalue weighted by Gasteiger charge is -2.06. The molecule has 0 spiro atoms. The number of nitriles is 1. The molecule has 0 fully saturated rings. The average Bonchev–Trinajstić information content (AvgIpc) is 2.27. The first kappa shape index (κ1) is 11.9. The van der Waals surface area contributed by atoms with Crippen molar-refractivity contribution in [2.45, 2.75) is 11.8 Å². The molecule has 4 heteroatoms. The van der Waals surface area contributed by atoms with E-state index in [1.54, 1.807) is 0 Å². The second-order valence-electron chi connectivity index (χ2n) is 2.84. The van der Waals surface area contributed by atoms with Gasteiger partial charge in [0.25, 0.3) is 0 Å². The first-order valence-electron chi connectivity index (χ1n) is 4.84. The highest BCUT2D eigenvalue weighted by atomic mass is 32.2. The number of anilines is 1. The van der Waals surface area contributed by atoms with Gasteiger partial charge in [0, 0.05) is 23.7 Å². The highest BCUT2D eigenvalue weighted by Gasteiger charge is 1.94. The predicted octanol–water partition coefficient (Wildman–Crippen LogP) is 2.71. The van der Waals surface area contributed by atoms with Crippen LogP contribution in [0.25, 0.3) is 0 Å². The molecule has 0 radical (unpaired) electrons. The van der Waals surface area contributed by atoms with Crippen LogP contribution in [0.5, 0.6) is 0 Å². The van der Waals surface area contributed by atoms with Gasteiger partial charge in [0.2, 0.25) is 0 Å². The third-order valence-corrected chi connectivity index (χ3v) is 2.40. The van der Waals surface area contributed by atoms with Gasteiger partial charge < -0.3 is 10.1 Å². The maximum Gasteiger partial charge on any atom is 0.138 e. The summed E-state index contributed by atoms with van der Waals surface area (Å²) >= 11 is 1.17. The van der Waals surface area contributed by atoms with E-state index in [2.05, 4.69) is 5.32 Å². The Bertz CT molecular complexity index is 318. The van der Waals surface area contributed by atoms with E-state index < -0.39 is 0 Å². The fourth-order valence-electron chi connectivity index (χ4n) is 1.11. The molecular weight excluding hydrogens is 208 g/mol. The fraction of sp³-hybridized carbons (Fsp3) is 0.364. The first-order valence-corrected chi connectivity index (χ1v) is 5.66. The summed E-state index contributed by atoms with van der Waals surface area (Å²) in [6.45, 7) is 4.25. The highest BCUT2D eigenvalue weighted by Crippen LogP contribution is 2.18. The topological polar surface area (TPSA) is 45.0 Å². The number of rotatable bonds is 6. The number of hydrogen-bond acceptors (Lipinski definition) is 4. The zero-order chi connectivity index (χ0) is 10.9. The largest absolute Gasteiger partial charge is 0.383 e. The molecule has 80 valence electrons. The number of nitrogens with zero attached hydrogens (tertiary/aromatic N) is 1. The van der Waals surface area contributed by atoms with E-state index in [0.717, 1.165) is 23.7 Å². The SMILES string of the molecule is CCOCCNc1ccc(SC#N)cc1.